The maximum atomic E-state index is 12.0. The molecule has 35 heavy (non-hydrogen) atoms. The summed E-state index contributed by atoms with van der Waals surface area (Å²) < 4.78 is 16.6. The summed E-state index contributed by atoms with van der Waals surface area (Å²) in [7, 11) is 0. The fraction of sp³-hybridized carbons (Fsp3) is 0.808. The highest BCUT2D eigenvalue weighted by atomic mass is 16.7. The van der Waals surface area contributed by atoms with Gasteiger partial charge < -0.3 is 39.7 Å². The third-order valence-electron chi connectivity index (χ3n) is 9.11. The van der Waals surface area contributed by atoms with Gasteiger partial charge in [-0.05, 0) is 54.8 Å². The molecule has 0 aromatic carbocycles. The SMILES string of the molecule is C=C1CCC2C(C)(COC3OC(CO)C(O)C(O)C3O)CCCC2(C)C1C/C=C1/C(=O)OCC1O. The zero-order chi connectivity index (χ0) is 25.5. The van der Waals surface area contributed by atoms with Crippen LogP contribution in [0.25, 0.3) is 0 Å². The Kier molecular flexibility index (Phi) is 7.79. The van der Waals surface area contributed by atoms with Crippen LogP contribution in [0.5, 0.6) is 0 Å². The van der Waals surface area contributed by atoms with Gasteiger partial charge in [-0.25, -0.2) is 4.79 Å². The summed E-state index contributed by atoms with van der Waals surface area (Å²) in [4.78, 5) is 12.0. The number of hydrogen-bond acceptors (Lipinski definition) is 9. The van der Waals surface area contributed by atoms with Gasteiger partial charge in [0.25, 0.3) is 0 Å². The van der Waals surface area contributed by atoms with Crippen molar-refractivity contribution in [3.05, 3.63) is 23.8 Å². The molecule has 2 saturated heterocycles. The minimum Gasteiger partial charge on any atom is -0.459 e. The Labute approximate surface area is 206 Å². The van der Waals surface area contributed by atoms with Crippen LogP contribution in [0.15, 0.2) is 23.8 Å². The predicted molar refractivity (Wildman–Crippen MR) is 125 cm³/mol. The normalized spacial score (nSPS) is 47.6. The topological polar surface area (TPSA) is 146 Å². The Morgan fingerprint density at radius 1 is 1.14 bits per heavy atom. The minimum absolute atomic E-state index is 0.00351. The number of ether oxygens (including phenoxy) is 3. The number of esters is 1. The maximum Gasteiger partial charge on any atom is 0.336 e. The van der Waals surface area contributed by atoms with E-state index in [1.807, 2.05) is 6.08 Å². The number of carbonyl (C=O) groups excluding carboxylic acids is 1. The molecule has 198 valence electrons. The number of allylic oxidation sites excluding steroid dienone is 2. The number of fused-ring (bicyclic) bond motifs is 1. The van der Waals surface area contributed by atoms with Crippen molar-refractivity contribution in [2.45, 2.75) is 89.2 Å². The number of rotatable bonds is 6. The van der Waals surface area contributed by atoms with E-state index >= 15 is 0 Å². The third-order valence-corrected chi connectivity index (χ3v) is 9.11. The average molecular weight is 497 g/mol. The van der Waals surface area contributed by atoms with Crippen molar-refractivity contribution in [2.24, 2.45) is 22.7 Å². The lowest BCUT2D eigenvalue weighted by Crippen LogP contribution is -2.60. The van der Waals surface area contributed by atoms with Crippen molar-refractivity contribution >= 4 is 5.97 Å². The van der Waals surface area contributed by atoms with Gasteiger partial charge in [-0.2, -0.15) is 0 Å². The smallest absolute Gasteiger partial charge is 0.336 e. The van der Waals surface area contributed by atoms with Crippen LogP contribution in [-0.2, 0) is 19.0 Å². The van der Waals surface area contributed by atoms with Crippen molar-refractivity contribution < 1.29 is 44.5 Å². The highest BCUT2D eigenvalue weighted by Crippen LogP contribution is 2.62. The van der Waals surface area contributed by atoms with Gasteiger partial charge in [0.2, 0.25) is 0 Å². The molecule has 4 fully saturated rings. The van der Waals surface area contributed by atoms with E-state index in [1.54, 1.807) is 0 Å². The molecule has 4 rings (SSSR count). The standard InChI is InChI=1S/C26H40O9/c1-14-5-8-19-25(2,13-34-24-22(31)21(30)20(29)18(11-27)35-24)9-4-10-26(19,3)16(14)7-6-15-17(28)12-33-23(15)32/h6,16-22,24,27-31H,1,4-5,7-13H2,2-3H3/b15-6+. The van der Waals surface area contributed by atoms with E-state index in [-0.39, 0.29) is 29.3 Å². The summed E-state index contributed by atoms with van der Waals surface area (Å²) >= 11 is 0. The van der Waals surface area contributed by atoms with Crippen molar-refractivity contribution in [1.29, 1.82) is 0 Å². The van der Waals surface area contributed by atoms with Gasteiger partial charge in [0.15, 0.2) is 6.29 Å². The molecule has 4 aliphatic rings. The Hall–Kier alpha value is -1.33. The lowest BCUT2D eigenvalue weighted by molar-refractivity contribution is -0.309. The maximum absolute atomic E-state index is 12.0. The zero-order valence-corrected chi connectivity index (χ0v) is 20.6. The van der Waals surface area contributed by atoms with Gasteiger partial charge in [-0.1, -0.05) is 38.5 Å². The van der Waals surface area contributed by atoms with Crippen LogP contribution in [0.4, 0.5) is 0 Å². The molecular formula is C26H40O9. The van der Waals surface area contributed by atoms with Crippen LogP contribution in [0.2, 0.25) is 0 Å². The van der Waals surface area contributed by atoms with Crippen molar-refractivity contribution in [3.8, 4) is 0 Å². The summed E-state index contributed by atoms with van der Waals surface area (Å²) in [5.74, 6) is -0.0359. The summed E-state index contributed by atoms with van der Waals surface area (Å²) in [5.41, 5.74) is 1.16. The van der Waals surface area contributed by atoms with E-state index in [4.69, 9.17) is 14.2 Å². The molecule has 2 saturated carbocycles. The predicted octanol–water partition coefficient (Wildman–Crippen LogP) is 0.816. The van der Waals surface area contributed by atoms with E-state index in [9.17, 15) is 30.3 Å². The van der Waals surface area contributed by atoms with Crippen LogP contribution in [-0.4, -0.2) is 88.1 Å². The van der Waals surface area contributed by atoms with E-state index in [1.165, 1.54) is 0 Å². The Morgan fingerprint density at radius 3 is 2.54 bits per heavy atom. The molecule has 10 unspecified atom stereocenters. The van der Waals surface area contributed by atoms with Gasteiger partial charge in [0, 0.05) is 0 Å². The first-order valence-corrected chi connectivity index (χ1v) is 12.7. The number of hydrogen-bond donors (Lipinski definition) is 5. The molecule has 0 aromatic rings. The Balaban J connectivity index is 1.50. The van der Waals surface area contributed by atoms with Gasteiger partial charge >= 0.3 is 5.97 Å². The van der Waals surface area contributed by atoms with Crippen LogP contribution in [0.1, 0.15) is 52.4 Å². The zero-order valence-electron chi connectivity index (χ0n) is 20.6. The highest BCUT2D eigenvalue weighted by molar-refractivity contribution is 5.91. The molecular weight excluding hydrogens is 456 g/mol. The van der Waals surface area contributed by atoms with Crippen LogP contribution >= 0.6 is 0 Å². The first-order valence-electron chi connectivity index (χ1n) is 12.7. The summed E-state index contributed by atoms with van der Waals surface area (Å²) in [6.45, 7) is 8.62. The van der Waals surface area contributed by atoms with E-state index < -0.39 is 49.4 Å². The van der Waals surface area contributed by atoms with Crippen LogP contribution in [0.3, 0.4) is 0 Å². The first kappa shape index (κ1) is 26.7. The van der Waals surface area contributed by atoms with Gasteiger partial charge in [0.1, 0.15) is 37.1 Å². The lowest BCUT2D eigenvalue weighted by Gasteiger charge is -2.59. The third kappa shape index (κ3) is 4.84. The quantitative estimate of drug-likeness (QED) is 0.205. The molecule has 5 N–H and O–H groups in total. The highest BCUT2D eigenvalue weighted by Gasteiger charge is 2.55. The van der Waals surface area contributed by atoms with Crippen molar-refractivity contribution in [3.63, 3.8) is 0 Å². The molecule has 2 aliphatic carbocycles. The largest absolute Gasteiger partial charge is 0.459 e. The second-order valence-electron chi connectivity index (χ2n) is 11.3. The van der Waals surface area contributed by atoms with Crippen LogP contribution < -0.4 is 0 Å². The second-order valence-corrected chi connectivity index (χ2v) is 11.3. The number of aliphatic hydroxyl groups is 5. The molecule has 0 spiro atoms. The summed E-state index contributed by atoms with van der Waals surface area (Å²) in [6, 6.07) is 0. The van der Waals surface area contributed by atoms with E-state index in [2.05, 4.69) is 20.4 Å². The first-order chi connectivity index (χ1) is 16.5. The Bertz CT molecular complexity index is 841. The molecule has 9 nitrogen and oxygen atoms in total. The van der Waals surface area contributed by atoms with E-state index in [0.717, 1.165) is 37.7 Å². The molecule has 0 radical (unpaired) electrons. The lowest BCUT2D eigenvalue weighted by atomic mass is 9.47. The number of cyclic esters (lactones) is 1. The molecule has 10 atom stereocenters. The molecule has 0 aromatic heterocycles. The van der Waals surface area contributed by atoms with Gasteiger partial charge in [0.05, 0.1) is 18.8 Å². The number of aliphatic hydroxyl groups excluding tert-OH is 5. The molecule has 2 heterocycles. The summed E-state index contributed by atoms with van der Waals surface area (Å²) in [6.07, 6.45) is -0.201. The fourth-order valence-electron chi connectivity index (χ4n) is 7.10. The summed E-state index contributed by atoms with van der Waals surface area (Å²) in [5, 5.41) is 50.1. The molecule has 2 aliphatic heterocycles. The monoisotopic (exact) mass is 496 g/mol. The van der Waals surface area contributed by atoms with Gasteiger partial charge in [-0.3, -0.25) is 0 Å². The van der Waals surface area contributed by atoms with E-state index in [0.29, 0.717) is 18.6 Å². The Morgan fingerprint density at radius 2 is 1.89 bits per heavy atom. The fourth-order valence-corrected chi connectivity index (χ4v) is 7.10. The molecule has 0 bridgehead atoms. The van der Waals surface area contributed by atoms with Crippen LogP contribution in [0, 0.1) is 22.7 Å². The van der Waals surface area contributed by atoms with Crippen molar-refractivity contribution in [1.82, 2.24) is 0 Å². The second kappa shape index (κ2) is 10.2. The average Bonchev–Trinajstić information content (AvgIpc) is 3.13. The van der Waals surface area contributed by atoms with Gasteiger partial charge in [-0.15, -0.1) is 0 Å². The minimum atomic E-state index is -1.47. The van der Waals surface area contributed by atoms with Crippen molar-refractivity contribution in [2.75, 3.05) is 19.8 Å². The number of carbonyl (C=O) groups is 1. The molecule has 9 heteroatoms. The molecule has 0 amide bonds.